The minimum Gasteiger partial charge on any atom is -0.492 e. The summed E-state index contributed by atoms with van der Waals surface area (Å²) in [4.78, 5) is 16.6. The van der Waals surface area contributed by atoms with Gasteiger partial charge < -0.3 is 19.1 Å². The summed E-state index contributed by atoms with van der Waals surface area (Å²) < 4.78 is 17.1. The summed E-state index contributed by atoms with van der Waals surface area (Å²) in [6, 6.07) is 10.2. The quantitative estimate of drug-likeness (QED) is 0.808. The van der Waals surface area contributed by atoms with Crippen molar-refractivity contribution in [2.45, 2.75) is 37.3 Å². The van der Waals surface area contributed by atoms with Crippen LogP contribution in [0.3, 0.4) is 0 Å². The van der Waals surface area contributed by atoms with E-state index in [0.29, 0.717) is 25.7 Å². The SMILES string of the molecule is O=C1OC2(CCN([C@@H]3CCCOC3)CC2)CN1CCOc1ccccc1. The van der Waals surface area contributed by atoms with Gasteiger partial charge in [0.15, 0.2) is 0 Å². The first-order valence-corrected chi connectivity index (χ1v) is 9.72. The molecule has 0 aromatic heterocycles. The lowest BCUT2D eigenvalue weighted by Gasteiger charge is -2.42. The highest BCUT2D eigenvalue weighted by Gasteiger charge is 2.47. The van der Waals surface area contributed by atoms with E-state index in [1.165, 1.54) is 6.42 Å². The van der Waals surface area contributed by atoms with Crippen molar-refractivity contribution in [3.8, 4) is 5.75 Å². The van der Waals surface area contributed by atoms with Crippen LogP contribution in [0.5, 0.6) is 5.75 Å². The number of amides is 1. The molecule has 3 aliphatic heterocycles. The molecule has 3 heterocycles. The highest BCUT2D eigenvalue weighted by Crippen LogP contribution is 2.34. The second-order valence-electron chi connectivity index (χ2n) is 7.54. The molecule has 1 aromatic rings. The van der Waals surface area contributed by atoms with Crippen molar-refractivity contribution < 1.29 is 19.0 Å². The van der Waals surface area contributed by atoms with Gasteiger partial charge in [0.25, 0.3) is 0 Å². The van der Waals surface area contributed by atoms with Gasteiger partial charge in [0, 0.05) is 38.6 Å². The van der Waals surface area contributed by atoms with E-state index in [2.05, 4.69) is 4.90 Å². The third kappa shape index (κ3) is 3.96. The maximum atomic E-state index is 12.3. The van der Waals surface area contributed by atoms with Gasteiger partial charge in [-0.25, -0.2) is 4.79 Å². The summed E-state index contributed by atoms with van der Waals surface area (Å²) in [6.07, 6.45) is 3.99. The highest BCUT2D eigenvalue weighted by molar-refractivity contribution is 5.70. The Kier molecular flexibility index (Phi) is 5.31. The second-order valence-corrected chi connectivity index (χ2v) is 7.54. The highest BCUT2D eigenvalue weighted by atomic mass is 16.6. The van der Waals surface area contributed by atoms with Crippen LogP contribution >= 0.6 is 0 Å². The molecular formula is C20H28N2O4. The third-order valence-corrected chi connectivity index (χ3v) is 5.78. The van der Waals surface area contributed by atoms with E-state index in [4.69, 9.17) is 14.2 Å². The summed E-state index contributed by atoms with van der Waals surface area (Å²) in [7, 11) is 0. The second kappa shape index (κ2) is 7.84. The van der Waals surface area contributed by atoms with E-state index in [0.717, 1.165) is 51.3 Å². The molecule has 142 valence electrons. The van der Waals surface area contributed by atoms with Gasteiger partial charge in [0.05, 0.1) is 19.7 Å². The molecule has 4 rings (SSSR count). The van der Waals surface area contributed by atoms with Crippen LogP contribution < -0.4 is 4.74 Å². The number of carbonyl (C=O) groups excluding carboxylic acids is 1. The zero-order valence-corrected chi connectivity index (χ0v) is 15.3. The standard InChI is InChI=1S/C20H28N2O4/c23-19-22(12-14-25-18-6-2-1-3-7-18)16-20(26-19)8-10-21(11-9-20)17-5-4-13-24-15-17/h1-3,6-7,17H,4-5,8-16H2/t17-/m1/s1. The van der Waals surface area contributed by atoms with Crippen LogP contribution in [0, 0.1) is 0 Å². The van der Waals surface area contributed by atoms with Crippen molar-refractivity contribution in [1.82, 2.24) is 9.80 Å². The summed E-state index contributed by atoms with van der Waals surface area (Å²) in [5, 5.41) is 0. The number of piperidine rings is 1. The van der Waals surface area contributed by atoms with E-state index in [1.807, 2.05) is 30.3 Å². The largest absolute Gasteiger partial charge is 0.492 e. The Morgan fingerprint density at radius 1 is 1.19 bits per heavy atom. The molecule has 3 saturated heterocycles. The fraction of sp³-hybridized carbons (Fsp3) is 0.650. The van der Waals surface area contributed by atoms with Crippen LogP contribution in [0.25, 0.3) is 0 Å². The molecule has 0 unspecified atom stereocenters. The zero-order chi connectivity index (χ0) is 17.8. The molecule has 0 saturated carbocycles. The van der Waals surface area contributed by atoms with Crippen molar-refractivity contribution in [2.75, 3.05) is 46.0 Å². The molecule has 3 aliphatic rings. The average molecular weight is 360 g/mol. The Morgan fingerprint density at radius 2 is 2.00 bits per heavy atom. The number of hydrogen-bond donors (Lipinski definition) is 0. The van der Waals surface area contributed by atoms with Crippen molar-refractivity contribution in [3.05, 3.63) is 30.3 Å². The van der Waals surface area contributed by atoms with E-state index in [1.54, 1.807) is 4.90 Å². The summed E-state index contributed by atoms with van der Waals surface area (Å²) in [6.45, 7) is 5.43. The van der Waals surface area contributed by atoms with Gasteiger partial charge in [-0.15, -0.1) is 0 Å². The average Bonchev–Trinajstić information content (AvgIpc) is 2.99. The Morgan fingerprint density at radius 3 is 2.73 bits per heavy atom. The Hall–Kier alpha value is -1.79. The normalized spacial score (nSPS) is 26.1. The lowest BCUT2D eigenvalue weighted by molar-refractivity contribution is -0.0389. The van der Waals surface area contributed by atoms with E-state index < -0.39 is 0 Å². The third-order valence-electron chi connectivity index (χ3n) is 5.78. The van der Waals surface area contributed by atoms with Crippen LogP contribution in [0.1, 0.15) is 25.7 Å². The molecule has 3 fully saturated rings. The van der Waals surface area contributed by atoms with Crippen LogP contribution in [-0.4, -0.2) is 73.5 Å². The molecule has 0 bridgehead atoms. The van der Waals surface area contributed by atoms with Gasteiger partial charge in [-0.1, -0.05) is 18.2 Å². The predicted octanol–water partition coefficient (Wildman–Crippen LogP) is 2.53. The first-order chi connectivity index (χ1) is 12.7. The lowest BCUT2D eigenvalue weighted by Crippen LogP contribution is -2.52. The van der Waals surface area contributed by atoms with Gasteiger partial charge in [0.1, 0.15) is 18.0 Å². The Labute approximate surface area is 155 Å². The first-order valence-electron chi connectivity index (χ1n) is 9.72. The maximum Gasteiger partial charge on any atom is 0.410 e. The number of likely N-dealkylation sites (tertiary alicyclic amines) is 1. The summed E-state index contributed by atoms with van der Waals surface area (Å²) in [5.74, 6) is 0.831. The molecule has 1 aromatic carbocycles. The molecule has 1 amide bonds. The smallest absolute Gasteiger partial charge is 0.410 e. The summed E-state index contributed by atoms with van der Waals surface area (Å²) >= 11 is 0. The van der Waals surface area contributed by atoms with E-state index >= 15 is 0 Å². The molecule has 0 aliphatic carbocycles. The zero-order valence-electron chi connectivity index (χ0n) is 15.3. The maximum absolute atomic E-state index is 12.3. The number of ether oxygens (including phenoxy) is 3. The molecule has 26 heavy (non-hydrogen) atoms. The van der Waals surface area contributed by atoms with Crippen LogP contribution in [-0.2, 0) is 9.47 Å². The van der Waals surface area contributed by atoms with Crippen LogP contribution in [0.2, 0.25) is 0 Å². The first kappa shape index (κ1) is 17.6. The number of benzene rings is 1. The van der Waals surface area contributed by atoms with Crippen molar-refractivity contribution >= 4 is 6.09 Å². The number of para-hydroxylation sites is 1. The molecular weight excluding hydrogens is 332 g/mol. The van der Waals surface area contributed by atoms with Crippen molar-refractivity contribution in [2.24, 2.45) is 0 Å². The fourth-order valence-corrected chi connectivity index (χ4v) is 4.22. The number of rotatable bonds is 5. The minimum absolute atomic E-state index is 0.198. The fourth-order valence-electron chi connectivity index (χ4n) is 4.22. The molecule has 0 N–H and O–H groups in total. The monoisotopic (exact) mass is 360 g/mol. The predicted molar refractivity (Wildman–Crippen MR) is 97.4 cm³/mol. The Bertz CT molecular complexity index is 595. The minimum atomic E-state index is -0.310. The molecule has 1 atom stereocenters. The number of hydrogen-bond acceptors (Lipinski definition) is 5. The van der Waals surface area contributed by atoms with Gasteiger partial charge in [-0.2, -0.15) is 0 Å². The molecule has 6 nitrogen and oxygen atoms in total. The lowest BCUT2D eigenvalue weighted by atomic mass is 9.90. The van der Waals surface area contributed by atoms with Gasteiger partial charge >= 0.3 is 6.09 Å². The number of carbonyl (C=O) groups is 1. The van der Waals surface area contributed by atoms with Crippen LogP contribution in [0.15, 0.2) is 30.3 Å². The van der Waals surface area contributed by atoms with E-state index in [9.17, 15) is 4.79 Å². The molecule has 6 heteroatoms. The van der Waals surface area contributed by atoms with Gasteiger partial charge in [-0.3, -0.25) is 4.90 Å². The summed E-state index contributed by atoms with van der Waals surface area (Å²) in [5.41, 5.74) is -0.310. The van der Waals surface area contributed by atoms with Crippen LogP contribution in [0.4, 0.5) is 4.79 Å². The molecule has 1 spiro atoms. The number of nitrogens with zero attached hydrogens (tertiary/aromatic N) is 2. The van der Waals surface area contributed by atoms with Gasteiger partial charge in [0.2, 0.25) is 0 Å². The van der Waals surface area contributed by atoms with Gasteiger partial charge in [-0.05, 0) is 25.0 Å². The van der Waals surface area contributed by atoms with Crippen molar-refractivity contribution in [3.63, 3.8) is 0 Å². The Balaban J connectivity index is 1.25. The van der Waals surface area contributed by atoms with E-state index in [-0.39, 0.29) is 11.7 Å². The van der Waals surface area contributed by atoms with Crippen molar-refractivity contribution in [1.29, 1.82) is 0 Å². The topological polar surface area (TPSA) is 51.2 Å². The molecule has 0 radical (unpaired) electrons.